The van der Waals surface area contributed by atoms with E-state index in [1.165, 1.54) is 0 Å². The van der Waals surface area contributed by atoms with E-state index in [9.17, 15) is 14.4 Å². The summed E-state index contributed by atoms with van der Waals surface area (Å²) in [5, 5.41) is 0.825. The third kappa shape index (κ3) is 7.30. The van der Waals surface area contributed by atoms with Crippen LogP contribution in [0.25, 0.3) is 0 Å². The number of halogens is 2. The number of carbonyl (C=O) groups is 3. The van der Waals surface area contributed by atoms with Gasteiger partial charge in [-0.3, -0.25) is 9.59 Å². The van der Waals surface area contributed by atoms with E-state index in [0.717, 1.165) is 29.5 Å². The average Bonchev–Trinajstić information content (AvgIpc) is 3.21. The van der Waals surface area contributed by atoms with Crippen molar-refractivity contribution in [1.29, 1.82) is 0 Å². The van der Waals surface area contributed by atoms with Gasteiger partial charge in [-0.15, -0.1) is 0 Å². The molecule has 43 heavy (non-hydrogen) atoms. The predicted octanol–water partition coefficient (Wildman–Crippen LogP) is 6.58. The monoisotopic (exact) mass is 629 g/mol. The summed E-state index contributed by atoms with van der Waals surface area (Å²) >= 11 is 12.6. The molecule has 0 unspecified atom stereocenters. The van der Waals surface area contributed by atoms with E-state index in [2.05, 4.69) is 0 Å². The highest BCUT2D eigenvalue weighted by molar-refractivity contribution is 6.42. The lowest BCUT2D eigenvalue weighted by Gasteiger charge is -2.42. The number of piperazine rings is 1. The second-order valence-electron chi connectivity index (χ2n) is 13.1. The van der Waals surface area contributed by atoms with Crippen LogP contribution in [-0.4, -0.2) is 82.6 Å². The van der Waals surface area contributed by atoms with Crippen LogP contribution in [0, 0.1) is 13.8 Å². The lowest BCUT2D eigenvalue weighted by molar-refractivity contribution is -0.144. The van der Waals surface area contributed by atoms with E-state index in [-0.39, 0.29) is 42.7 Å². The molecule has 0 N–H and O–H groups in total. The van der Waals surface area contributed by atoms with Crippen LogP contribution in [-0.2, 0) is 14.3 Å². The van der Waals surface area contributed by atoms with Gasteiger partial charge in [0.25, 0.3) is 5.91 Å². The predicted molar refractivity (Wildman–Crippen MR) is 167 cm³/mol. The fraction of sp³-hybridized carbons (Fsp3) is 0.545. The lowest BCUT2D eigenvalue weighted by atomic mass is 10.00. The minimum absolute atomic E-state index is 0.0532. The van der Waals surface area contributed by atoms with E-state index in [1.807, 2.05) is 63.8 Å². The minimum Gasteiger partial charge on any atom is -0.444 e. The van der Waals surface area contributed by atoms with Gasteiger partial charge in [-0.2, -0.15) is 0 Å². The molecule has 5 rings (SSSR count). The molecule has 3 saturated heterocycles. The number of benzene rings is 2. The molecular formula is C33H41Cl2N3O5. The molecule has 8 nitrogen and oxygen atoms in total. The maximum atomic E-state index is 13.7. The molecular weight excluding hydrogens is 589 g/mol. The number of rotatable bonds is 5. The Labute approximate surface area is 264 Å². The van der Waals surface area contributed by atoms with Gasteiger partial charge in [0, 0.05) is 37.3 Å². The van der Waals surface area contributed by atoms with E-state index in [0.29, 0.717) is 48.1 Å². The standard InChI is InChI=1S/C33H41Cl2N3O5/c1-20-12-21(2)14-23(13-20)31(40)36-10-11-37(29(18-36)22-6-9-27(34)28(35)15-22)30(39)19-42-26-16-24-7-8-25(17-26)38(24)32(41)43-33(3,4)5/h6,9,12-15,24-26,29H,7-8,10-11,16-19H2,1-5H3/t24-,25-,29-/m0/s1. The molecule has 232 valence electrons. The van der Waals surface area contributed by atoms with E-state index >= 15 is 0 Å². The van der Waals surface area contributed by atoms with Gasteiger partial charge in [-0.25, -0.2) is 4.79 Å². The van der Waals surface area contributed by atoms with Crippen molar-refractivity contribution in [2.45, 2.75) is 90.1 Å². The third-order valence-corrected chi connectivity index (χ3v) is 9.26. The molecule has 0 spiro atoms. The van der Waals surface area contributed by atoms with Gasteiger partial charge in [-0.05, 0) is 90.1 Å². The van der Waals surface area contributed by atoms with Crippen LogP contribution >= 0.6 is 23.2 Å². The zero-order chi connectivity index (χ0) is 31.1. The number of hydrogen-bond donors (Lipinski definition) is 0. The molecule has 0 aliphatic carbocycles. The Balaban J connectivity index is 1.26. The van der Waals surface area contributed by atoms with Crippen LogP contribution < -0.4 is 0 Å². The maximum Gasteiger partial charge on any atom is 0.410 e. The summed E-state index contributed by atoms with van der Waals surface area (Å²) in [6, 6.07) is 10.9. The highest BCUT2D eigenvalue weighted by Crippen LogP contribution is 2.38. The smallest absolute Gasteiger partial charge is 0.410 e. The van der Waals surface area contributed by atoms with Gasteiger partial charge in [0.1, 0.15) is 12.2 Å². The molecule has 3 heterocycles. The summed E-state index contributed by atoms with van der Waals surface area (Å²) in [4.78, 5) is 45.5. The number of carbonyl (C=O) groups excluding carboxylic acids is 3. The van der Waals surface area contributed by atoms with Crippen LogP contribution in [0.2, 0.25) is 10.0 Å². The van der Waals surface area contributed by atoms with Gasteiger partial charge in [0.05, 0.1) is 22.2 Å². The summed E-state index contributed by atoms with van der Waals surface area (Å²) in [6.07, 6.45) is 2.79. The molecule has 2 aromatic rings. The number of amides is 3. The average molecular weight is 631 g/mol. The van der Waals surface area contributed by atoms with Gasteiger partial charge < -0.3 is 24.2 Å². The quantitative estimate of drug-likeness (QED) is 0.373. The van der Waals surface area contributed by atoms with Crippen LogP contribution in [0.15, 0.2) is 36.4 Å². The molecule has 3 atom stereocenters. The van der Waals surface area contributed by atoms with Crippen molar-refractivity contribution < 1.29 is 23.9 Å². The molecule has 3 fully saturated rings. The Hall–Kier alpha value is -2.81. The molecule has 0 aromatic heterocycles. The molecule has 0 radical (unpaired) electrons. The molecule has 0 saturated carbocycles. The molecule has 2 bridgehead atoms. The molecule has 2 aromatic carbocycles. The Bertz CT molecular complexity index is 1360. The minimum atomic E-state index is -0.547. The highest BCUT2D eigenvalue weighted by atomic mass is 35.5. The number of nitrogens with zero attached hydrogens (tertiary/aromatic N) is 3. The van der Waals surface area contributed by atoms with E-state index in [4.69, 9.17) is 32.7 Å². The zero-order valence-corrected chi connectivity index (χ0v) is 27.1. The van der Waals surface area contributed by atoms with Gasteiger partial charge in [0.2, 0.25) is 5.91 Å². The highest BCUT2D eigenvalue weighted by Gasteiger charge is 2.45. The normalized spacial score (nSPS) is 23.8. The number of piperidine rings is 1. The number of fused-ring (bicyclic) bond motifs is 2. The SMILES string of the molecule is Cc1cc(C)cc(C(=O)N2CCN(C(=O)COC3C[C@@H]4CC[C@@H](C3)N4C(=O)OC(C)(C)C)[C@H](c3ccc(Cl)c(Cl)c3)C2)c1. The molecule has 3 amide bonds. The largest absolute Gasteiger partial charge is 0.444 e. The van der Waals surface area contributed by atoms with Crippen molar-refractivity contribution in [3.05, 3.63) is 68.7 Å². The Morgan fingerprint density at radius 2 is 1.56 bits per heavy atom. The second kappa shape index (κ2) is 12.7. The Morgan fingerprint density at radius 3 is 2.16 bits per heavy atom. The van der Waals surface area contributed by atoms with Crippen molar-refractivity contribution in [2.24, 2.45) is 0 Å². The van der Waals surface area contributed by atoms with Gasteiger partial charge >= 0.3 is 6.09 Å². The zero-order valence-electron chi connectivity index (χ0n) is 25.6. The third-order valence-electron chi connectivity index (χ3n) is 8.52. The van der Waals surface area contributed by atoms with Crippen molar-refractivity contribution in [2.75, 3.05) is 26.2 Å². The van der Waals surface area contributed by atoms with E-state index < -0.39 is 11.6 Å². The first kappa shape index (κ1) is 31.6. The molecule has 10 heteroatoms. The van der Waals surface area contributed by atoms with Crippen molar-refractivity contribution >= 4 is 41.1 Å². The first-order valence-electron chi connectivity index (χ1n) is 15.0. The van der Waals surface area contributed by atoms with Crippen LogP contribution in [0.3, 0.4) is 0 Å². The maximum absolute atomic E-state index is 13.7. The fourth-order valence-electron chi connectivity index (χ4n) is 6.70. The van der Waals surface area contributed by atoms with Gasteiger partial charge in [0.15, 0.2) is 0 Å². The van der Waals surface area contributed by atoms with Crippen molar-refractivity contribution in [1.82, 2.24) is 14.7 Å². The van der Waals surface area contributed by atoms with Crippen molar-refractivity contribution in [3.63, 3.8) is 0 Å². The Kier molecular flexibility index (Phi) is 9.31. The fourth-order valence-corrected chi connectivity index (χ4v) is 7.01. The summed E-state index contributed by atoms with van der Waals surface area (Å²) in [7, 11) is 0. The summed E-state index contributed by atoms with van der Waals surface area (Å²) in [5.74, 6) is -0.205. The molecule has 3 aliphatic rings. The number of hydrogen-bond acceptors (Lipinski definition) is 5. The van der Waals surface area contributed by atoms with E-state index in [1.54, 1.807) is 21.9 Å². The molecule has 3 aliphatic heterocycles. The second-order valence-corrected chi connectivity index (χ2v) is 13.9. The topological polar surface area (TPSA) is 79.4 Å². The first-order valence-corrected chi connectivity index (χ1v) is 15.8. The summed E-state index contributed by atoms with van der Waals surface area (Å²) in [6.45, 7) is 10.6. The van der Waals surface area contributed by atoms with Gasteiger partial charge in [-0.1, -0.05) is 46.5 Å². The summed E-state index contributed by atoms with van der Waals surface area (Å²) in [5.41, 5.74) is 2.96. The Morgan fingerprint density at radius 1 is 0.907 bits per heavy atom. The first-order chi connectivity index (χ1) is 20.3. The summed E-state index contributed by atoms with van der Waals surface area (Å²) < 4.78 is 11.9. The van der Waals surface area contributed by atoms with Crippen LogP contribution in [0.4, 0.5) is 4.79 Å². The van der Waals surface area contributed by atoms with Crippen molar-refractivity contribution in [3.8, 4) is 0 Å². The number of aryl methyl sites for hydroxylation is 2. The van der Waals surface area contributed by atoms with Crippen LogP contribution in [0.1, 0.15) is 79.5 Å². The lowest BCUT2D eigenvalue weighted by Crippen LogP contribution is -2.54. The van der Waals surface area contributed by atoms with Crippen LogP contribution in [0.5, 0.6) is 0 Å². The number of ether oxygens (including phenoxy) is 2.